The van der Waals surface area contributed by atoms with Crippen molar-refractivity contribution in [3.05, 3.63) is 35.5 Å². The van der Waals surface area contributed by atoms with E-state index >= 15 is 0 Å². The van der Waals surface area contributed by atoms with Gasteiger partial charge in [0.25, 0.3) is 0 Å². The number of ether oxygens (including phenoxy) is 1. The summed E-state index contributed by atoms with van der Waals surface area (Å²) in [5.74, 6) is 0.835. The van der Waals surface area contributed by atoms with Crippen molar-refractivity contribution in [2.45, 2.75) is 39.1 Å². The number of aliphatic hydroxyl groups is 1. The van der Waals surface area contributed by atoms with Crippen molar-refractivity contribution in [1.82, 2.24) is 0 Å². The molecule has 2 nitrogen and oxygen atoms in total. The lowest BCUT2D eigenvalue weighted by Gasteiger charge is -2.25. The summed E-state index contributed by atoms with van der Waals surface area (Å²) >= 11 is 0. The molecule has 1 rings (SSSR count). The van der Waals surface area contributed by atoms with E-state index in [2.05, 4.69) is 25.3 Å². The zero-order valence-electron chi connectivity index (χ0n) is 12.2. The van der Waals surface area contributed by atoms with Crippen LogP contribution in [-0.4, -0.2) is 25.9 Å². The van der Waals surface area contributed by atoms with Gasteiger partial charge in [-0.2, -0.15) is 0 Å². The van der Waals surface area contributed by atoms with E-state index in [1.165, 1.54) is 0 Å². The molecular weight excluding hydrogens is 240 g/mol. The van der Waals surface area contributed by atoms with E-state index in [4.69, 9.17) is 4.74 Å². The summed E-state index contributed by atoms with van der Waals surface area (Å²) < 4.78 is 5.16. The average Bonchev–Trinajstić information content (AvgIpc) is 2.24. The highest BCUT2D eigenvalue weighted by Crippen LogP contribution is 2.30. The molecule has 0 atom stereocenters. The highest BCUT2D eigenvalue weighted by molar-refractivity contribution is 6.81. The van der Waals surface area contributed by atoms with Gasteiger partial charge in [0.15, 0.2) is 0 Å². The molecule has 0 aliphatic carbocycles. The van der Waals surface area contributed by atoms with Crippen LogP contribution in [0.1, 0.15) is 19.4 Å². The maximum absolute atomic E-state index is 10.3. The fraction of sp³-hybridized carbons (Fsp3) is 0.467. The van der Waals surface area contributed by atoms with Crippen molar-refractivity contribution < 1.29 is 9.84 Å². The zero-order chi connectivity index (χ0) is 14.0. The molecule has 0 unspecified atom stereocenters. The predicted octanol–water partition coefficient (Wildman–Crippen LogP) is 3.73. The molecule has 0 bridgehead atoms. The minimum Gasteiger partial charge on any atom is -0.497 e. The van der Waals surface area contributed by atoms with Crippen LogP contribution >= 0.6 is 0 Å². The Labute approximate surface area is 111 Å². The van der Waals surface area contributed by atoms with Gasteiger partial charge in [0.1, 0.15) is 5.75 Å². The van der Waals surface area contributed by atoms with Crippen LogP contribution in [0.5, 0.6) is 5.75 Å². The van der Waals surface area contributed by atoms with Crippen LogP contribution in [-0.2, 0) is 0 Å². The first kappa shape index (κ1) is 15.0. The smallest absolute Gasteiger partial charge is 0.118 e. The van der Waals surface area contributed by atoms with Gasteiger partial charge in [0, 0.05) is 0 Å². The molecule has 0 heterocycles. The summed E-state index contributed by atoms with van der Waals surface area (Å²) in [5, 5.41) is 10.3. The van der Waals surface area contributed by atoms with Crippen molar-refractivity contribution in [3.63, 3.8) is 0 Å². The number of benzene rings is 1. The lowest BCUT2D eigenvalue weighted by Crippen LogP contribution is -2.26. The quantitative estimate of drug-likeness (QED) is 0.840. The van der Waals surface area contributed by atoms with Crippen LogP contribution in [0.4, 0.5) is 0 Å². The van der Waals surface area contributed by atoms with Crippen LogP contribution in [0.15, 0.2) is 30.0 Å². The minimum absolute atomic E-state index is 0.825. The fourth-order valence-electron chi connectivity index (χ4n) is 1.82. The van der Waals surface area contributed by atoms with E-state index in [-0.39, 0.29) is 0 Å². The third kappa shape index (κ3) is 4.31. The van der Waals surface area contributed by atoms with Gasteiger partial charge in [0.2, 0.25) is 0 Å². The molecule has 1 N–H and O–H groups in total. The highest BCUT2D eigenvalue weighted by atomic mass is 28.3. The molecule has 0 saturated heterocycles. The summed E-state index contributed by atoms with van der Waals surface area (Å²) in [7, 11) is 0.268. The summed E-state index contributed by atoms with van der Waals surface area (Å²) in [6.07, 6.45) is 0. The van der Waals surface area contributed by atoms with E-state index in [0.29, 0.717) is 0 Å². The molecule has 18 heavy (non-hydrogen) atoms. The molecule has 100 valence electrons. The van der Waals surface area contributed by atoms with Gasteiger partial charge in [-0.15, -0.1) is 0 Å². The molecule has 0 aromatic heterocycles. The Hall–Kier alpha value is -1.06. The van der Waals surface area contributed by atoms with Gasteiger partial charge >= 0.3 is 0 Å². The van der Waals surface area contributed by atoms with Crippen molar-refractivity contribution in [2.24, 2.45) is 0 Å². The third-order valence-corrected chi connectivity index (χ3v) is 3.79. The van der Waals surface area contributed by atoms with Gasteiger partial charge < -0.3 is 9.84 Å². The first-order valence-electron chi connectivity index (χ1n) is 6.23. The van der Waals surface area contributed by atoms with Gasteiger partial charge in [0.05, 0.1) is 20.8 Å². The first-order valence-corrected chi connectivity index (χ1v) is 9.81. The molecule has 3 heteroatoms. The average molecular weight is 264 g/mol. The normalized spacial score (nSPS) is 13.6. The van der Waals surface area contributed by atoms with Gasteiger partial charge in [-0.1, -0.05) is 37.5 Å². The largest absolute Gasteiger partial charge is 0.497 e. The van der Waals surface area contributed by atoms with Crippen LogP contribution in [0.25, 0.3) is 5.57 Å². The Bertz CT molecular complexity index is 419. The number of hydrogen-bond acceptors (Lipinski definition) is 2. The molecule has 0 spiro atoms. The molecule has 0 radical (unpaired) electrons. The second kappa shape index (κ2) is 5.29. The van der Waals surface area contributed by atoms with E-state index in [0.717, 1.165) is 16.9 Å². The molecule has 1 aromatic rings. The minimum atomic E-state index is -1.39. The van der Waals surface area contributed by atoms with Crippen LogP contribution < -0.4 is 4.74 Å². The number of methoxy groups -OCH3 is 1. The van der Waals surface area contributed by atoms with E-state index in [1.54, 1.807) is 7.11 Å². The maximum atomic E-state index is 10.3. The lowest BCUT2D eigenvalue weighted by atomic mass is 9.93. The monoisotopic (exact) mass is 264 g/mol. The Morgan fingerprint density at radius 2 is 1.67 bits per heavy atom. The van der Waals surface area contributed by atoms with Crippen molar-refractivity contribution in [2.75, 3.05) is 7.11 Å². The lowest BCUT2D eigenvalue weighted by molar-refractivity contribution is 0.144. The van der Waals surface area contributed by atoms with Gasteiger partial charge in [-0.3, -0.25) is 0 Å². The van der Waals surface area contributed by atoms with E-state index in [1.807, 2.05) is 38.1 Å². The van der Waals surface area contributed by atoms with E-state index in [9.17, 15) is 5.11 Å². The molecule has 0 aliphatic heterocycles. The summed E-state index contributed by atoms with van der Waals surface area (Å²) in [6.45, 7) is 10.5. The second-order valence-electron chi connectivity index (χ2n) is 6.21. The van der Waals surface area contributed by atoms with Crippen LogP contribution in [0.2, 0.25) is 19.6 Å². The standard InChI is InChI=1S/C15H24O2Si/c1-15(2,16)14(11-18(4,5)6)12-7-9-13(17-3)10-8-12/h7-11,16H,1-6H3/b14-11+. The van der Waals surface area contributed by atoms with Crippen LogP contribution in [0, 0.1) is 0 Å². The Morgan fingerprint density at radius 1 is 1.17 bits per heavy atom. The number of rotatable bonds is 4. The molecular formula is C15H24O2Si. The predicted molar refractivity (Wildman–Crippen MR) is 80.6 cm³/mol. The second-order valence-corrected chi connectivity index (χ2v) is 11.2. The Morgan fingerprint density at radius 3 is 2.00 bits per heavy atom. The number of hydrogen-bond donors (Lipinski definition) is 1. The summed E-state index contributed by atoms with van der Waals surface area (Å²) in [4.78, 5) is 0. The zero-order valence-corrected chi connectivity index (χ0v) is 13.2. The van der Waals surface area contributed by atoms with Crippen LogP contribution in [0.3, 0.4) is 0 Å². The third-order valence-electron chi connectivity index (χ3n) is 2.64. The van der Waals surface area contributed by atoms with E-state index < -0.39 is 13.7 Å². The summed E-state index contributed by atoms with van der Waals surface area (Å²) in [5.41, 5.74) is 3.50. The SMILES string of the molecule is COc1ccc(/C(=C\[Si](C)(C)C)C(C)(C)O)cc1. The molecule has 0 fully saturated rings. The molecule has 0 saturated carbocycles. The highest BCUT2D eigenvalue weighted by Gasteiger charge is 2.24. The first-order chi connectivity index (χ1) is 8.13. The van der Waals surface area contributed by atoms with Crippen molar-refractivity contribution in [1.29, 1.82) is 0 Å². The Kier molecular flexibility index (Phi) is 4.40. The maximum Gasteiger partial charge on any atom is 0.118 e. The molecule has 0 amide bonds. The van der Waals surface area contributed by atoms with Gasteiger partial charge in [-0.25, -0.2) is 0 Å². The van der Waals surface area contributed by atoms with Gasteiger partial charge in [-0.05, 0) is 37.1 Å². The van der Waals surface area contributed by atoms with Crippen molar-refractivity contribution in [3.8, 4) is 5.75 Å². The van der Waals surface area contributed by atoms with Crippen molar-refractivity contribution >= 4 is 13.6 Å². The fourth-order valence-corrected chi connectivity index (χ4v) is 3.20. The molecule has 0 aliphatic rings. The topological polar surface area (TPSA) is 29.5 Å². The summed E-state index contributed by atoms with van der Waals surface area (Å²) in [6, 6.07) is 7.86. The Balaban J connectivity index is 3.23. The molecule has 1 aromatic carbocycles.